The number of phosphoric acid groups is 1. The molecule has 0 aliphatic heterocycles. The minimum absolute atomic E-state index is 0.177. The molecule has 0 amide bonds. The van der Waals surface area contributed by atoms with Gasteiger partial charge in [-0.2, -0.15) is 0 Å². The Balaban J connectivity index is 1.64. The van der Waals surface area contributed by atoms with Crippen LogP contribution in [0.15, 0.2) is 36.4 Å². The van der Waals surface area contributed by atoms with E-state index in [1.807, 2.05) is 24.3 Å². The maximum atomic E-state index is 10.8. The van der Waals surface area contributed by atoms with E-state index in [1.54, 1.807) is 25.4 Å². The summed E-state index contributed by atoms with van der Waals surface area (Å²) in [6.07, 6.45) is 4.35. The monoisotopic (exact) mass is 443 g/mol. The first-order valence-electron chi connectivity index (χ1n) is 9.50. The molecule has 7 nitrogen and oxygen atoms in total. The Morgan fingerprint density at radius 3 is 2.28 bits per heavy atom. The number of nitrogens with two attached hydrogens (primary N) is 1. The molecule has 2 rings (SSSR count). The first-order chi connectivity index (χ1) is 13.7. The molecule has 0 spiro atoms. The molecule has 1 aromatic carbocycles. The summed E-state index contributed by atoms with van der Waals surface area (Å²) in [7, 11) is -2.85. The smallest absolute Gasteiger partial charge is 0.469 e. The Kier molecular flexibility index (Phi) is 9.14. The van der Waals surface area contributed by atoms with Crippen molar-refractivity contribution in [2.45, 2.75) is 44.6 Å². The highest BCUT2D eigenvalue weighted by molar-refractivity contribution is 7.46. The van der Waals surface area contributed by atoms with Crippen LogP contribution in [0.3, 0.4) is 0 Å². The van der Waals surface area contributed by atoms with Gasteiger partial charge in [0.25, 0.3) is 0 Å². The lowest BCUT2D eigenvalue weighted by Crippen LogP contribution is -2.41. The van der Waals surface area contributed by atoms with Crippen molar-refractivity contribution >= 4 is 19.2 Å². The molecule has 1 unspecified atom stereocenters. The van der Waals surface area contributed by atoms with Gasteiger partial charge in [0, 0.05) is 15.3 Å². The summed E-state index contributed by atoms with van der Waals surface area (Å²) in [5, 5.41) is 0. The van der Waals surface area contributed by atoms with E-state index in [4.69, 9.17) is 25.0 Å². The molecule has 29 heavy (non-hydrogen) atoms. The minimum atomic E-state index is -4.49. The SMILES string of the molecule is COc1ccc(OCCCCc2ccc(CCC(C)(N)COP(=O)(O)O)s2)cc1. The van der Waals surface area contributed by atoms with Gasteiger partial charge in [-0.25, -0.2) is 4.57 Å². The maximum Gasteiger partial charge on any atom is 0.469 e. The van der Waals surface area contributed by atoms with Gasteiger partial charge in [-0.1, -0.05) is 0 Å². The van der Waals surface area contributed by atoms with Crippen molar-refractivity contribution in [2.24, 2.45) is 5.73 Å². The summed E-state index contributed by atoms with van der Waals surface area (Å²) in [5.41, 5.74) is 5.28. The fourth-order valence-electron chi connectivity index (χ4n) is 2.67. The maximum absolute atomic E-state index is 10.8. The second kappa shape index (κ2) is 11.1. The van der Waals surface area contributed by atoms with E-state index in [-0.39, 0.29) is 6.61 Å². The minimum Gasteiger partial charge on any atom is -0.497 e. The summed E-state index contributed by atoms with van der Waals surface area (Å²) in [6.45, 7) is 2.24. The average Bonchev–Trinajstić information content (AvgIpc) is 3.13. The van der Waals surface area contributed by atoms with E-state index in [0.29, 0.717) is 13.0 Å². The summed E-state index contributed by atoms with van der Waals surface area (Å²) >= 11 is 1.75. The number of ether oxygens (including phenoxy) is 2. The molecular formula is C20H30NO6PS. The summed E-state index contributed by atoms with van der Waals surface area (Å²) in [6, 6.07) is 11.8. The van der Waals surface area contributed by atoms with Crippen LogP contribution in [0.2, 0.25) is 0 Å². The van der Waals surface area contributed by atoms with Crippen LogP contribution in [0.1, 0.15) is 35.9 Å². The number of rotatable bonds is 13. The third kappa shape index (κ3) is 9.76. The van der Waals surface area contributed by atoms with Gasteiger partial charge in [0.1, 0.15) is 11.5 Å². The molecule has 0 saturated carbocycles. The van der Waals surface area contributed by atoms with Crippen LogP contribution in [0, 0.1) is 0 Å². The summed E-state index contributed by atoms with van der Waals surface area (Å²) < 4.78 is 26.2. The fraction of sp³-hybridized carbons (Fsp3) is 0.500. The van der Waals surface area contributed by atoms with Gasteiger partial charge in [0.05, 0.1) is 20.3 Å². The number of unbranched alkanes of at least 4 members (excludes halogenated alkanes) is 1. The van der Waals surface area contributed by atoms with E-state index in [0.717, 1.165) is 37.2 Å². The zero-order valence-corrected chi connectivity index (χ0v) is 18.6. The summed E-state index contributed by atoms with van der Waals surface area (Å²) in [5.74, 6) is 1.66. The molecule has 0 bridgehead atoms. The topological polar surface area (TPSA) is 111 Å². The van der Waals surface area contributed by atoms with Crippen molar-refractivity contribution < 1.29 is 28.3 Å². The molecule has 0 aliphatic carbocycles. The number of methoxy groups -OCH3 is 1. The zero-order chi connectivity index (χ0) is 21.3. The molecule has 4 N–H and O–H groups in total. The van der Waals surface area contributed by atoms with Crippen LogP contribution < -0.4 is 15.2 Å². The second-order valence-electron chi connectivity index (χ2n) is 7.27. The Labute approximate surface area is 176 Å². The lowest BCUT2D eigenvalue weighted by Gasteiger charge is -2.24. The third-order valence-electron chi connectivity index (χ3n) is 4.37. The van der Waals surface area contributed by atoms with Crippen LogP contribution in [0.4, 0.5) is 0 Å². The van der Waals surface area contributed by atoms with E-state index in [1.165, 1.54) is 9.75 Å². The number of thiophene rings is 1. The van der Waals surface area contributed by atoms with Crippen molar-refractivity contribution in [2.75, 3.05) is 20.3 Å². The average molecular weight is 444 g/mol. The Bertz CT molecular complexity index is 787. The van der Waals surface area contributed by atoms with Gasteiger partial charge in [0.15, 0.2) is 0 Å². The van der Waals surface area contributed by atoms with Crippen LogP contribution in [0.25, 0.3) is 0 Å². The highest BCUT2D eigenvalue weighted by atomic mass is 32.1. The summed E-state index contributed by atoms with van der Waals surface area (Å²) in [4.78, 5) is 20.1. The van der Waals surface area contributed by atoms with Crippen molar-refractivity contribution in [1.29, 1.82) is 0 Å². The van der Waals surface area contributed by atoms with E-state index in [2.05, 4.69) is 16.7 Å². The number of benzene rings is 1. The molecule has 0 radical (unpaired) electrons. The lowest BCUT2D eigenvalue weighted by atomic mass is 9.98. The molecule has 0 aliphatic rings. The van der Waals surface area contributed by atoms with Gasteiger partial charge in [-0.05, 0) is 75.4 Å². The van der Waals surface area contributed by atoms with Gasteiger partial charge in [-0.3, -0.25) is 4.52 Å². The molecular weight excluding hydrogens is 413 g/mol. The third-order valence-corrected chi connectivity index (χ3v) is 6.04. The van der Waals surface area contributed by atoms with Crippen LogP contribution >= 0.6 is 19.2 Å². The second-order valence-corrected chi connectivity index (χ2v) is 9.76. The predicted octanol–water partition coefficient (Wildman–Crippen LogP) is 3.92. The van der Waals surface area contributed by atoms with Gasteiger partial charge >= 0.3 is 7.82 Å². The molecule has 0 fully saturated rings. The van der Waals surface area contributed by atoms with E-state index < -0.39 is 13.4 Å². The Hall–Kier alpha value is -1.41. The highest BCUT2D eigenvalue weighted by Gasteiger charge is 2.24. The quantitative estimate of drug-likeness (QED) is 0.318. The number of hydrogen-bond donors (Lipinski definition) is 3. The Morgan fingerprint density at radius 2 is 1.66 bits per heavy atom. The van der Waals surface area contributed by atoms with Gasteiger partial charge in [0.2, 0.25) is 0 Å². The van der Waals surface area contributed by atoms with E-state index in [9.17, 15) is 4.57 Å². The first-order valence-corrected chi connectivity index (χ1v) is 11.8. The van der Waals surface area contributed by atoms with Gasteiger partial charge < -0.3 is 25.0 Å². The van der Waals surface area contributed by atoms with Crippen LogP contribution in [-0.2, 0) is 21.9 Å². The molecule has 9 heteroatoms. The number of aryl methyl sites for hydroxylation is 2. The molecule has 2 aromatic rings. The number of hydrogen-bond acceptors (Lipinski definition) is 6. The van der Waals surface area contributed by atoms with Crippen molar-refractivity contribution in [1.82, 2.24) is 0 Å². The van der Waals surface area contributed by atoms with Crippen molar-refractivity contribution in [3.05, 3.63) is 46.2 Å². The fourth-order valence-corrected chi connectivity index (χ4v) is 4.19. The molecule has 1 atom stereocenters. The predicted molar refractivity (Wildman–Crippen MR) is 115 cm³/mol. The normalized spacial score (nSPS) is 13.8. The Morgan fingerprint density at radius 1 is 1.03 bits per heavy atom. The van der Waals surface area contributed by atoms with Gasteiger partial charge in [-0.15, -0.1) is 11.3 Å². The molecule has 1 aromatic heterocycles. The van der Waals surface area contributed by atoms with Crippen molar-refractivity contribution in [3.8, 4) is 11.5 Å². The first kappa shape index (κ1) is 23.9. The molecule has 1 heterocycles. The standard InChI is InChI=1S/C20H30NO6PS/c1-20(21,15-27-28(22,23)24)13-12-19-11-10-18(29-19)5-3-4-14-26-17-8-6-16(25-2)7-9-17/h6-11H,3-5,12-15,21H2,1-2H3,(H2,22,23,24). The number of phosphoric ester groups is 1. The van der Waals surface area contributed by atoms with Crippen LogP contribution in [0.5, 0.6) is 11.5 Å². The largest absolute Gasteiger partial charge is 0.497 e. The van der Waals surface area contributed by atoms with Crippen molar-refractivity contribution in [3.63, 3.8) is 0 Å². The van der Waals surface area contributed by atoms with Crippen LogP contribution in [-0.4, -0.2) is 35.6 Å². The highest BCUT2D eigenvalue weighted by Crippen LogP contribution is 2.37. The lowest BCUT2D eigenvalue weighted by molar-refractivity contribution is 0.154. The zero-order valence-electron chi connectivity index (χ0n) is 16.9. The molecule has 0 saturated heterocycles. The van der Waals surface area contributed by atoms with E-state index >= 15 is 0 Å². The molecule has 162 valence electrons.